The quantitative estimate of drug-likeness (QED) is 0.524. The van der Waals surface area contributed by atoms with Crippen LogP contribution in [-0.2, 0) is 4.74 Å². The largest absolute Gasteiger partial charge is 0.495 e. The van der Waals surface area contributed by atoms with E-state index in [2.05, 4.69) is 31.9 Å². The number of ether oxygens (including phenoxy) is 1. The molecule has 0 aromatic rings. The number of hydrogen-bond donors (Lipinski definition) is 0. The molecule has 2 nitrogen and oxygen atoms in total. The average Bonchev–Trinajstić information content (AvgIpc) is 2.06. The van der Waals surface area contributed by atoms with Gasteiger partial charge in [0.25, 0.3) is 0 Å². The van der Waals surface area contributed by atoms with Gasteiger partial charge in [-0.3, -0.25) is 0 Å². The van der Waals surface area contributed by atoms with Gasteiger partial charge in [-0.15, -0.1) is 0 Å². The zero-order valence-corrected chi connectivity index (χ0v) is 7.42. The van der Waals surface area contributed by atoms with Gasteiger partial charge in [0, 0.05) is 18.3 Å². The van der Waals surface area contributed by atoms with Crippen molar-refractivity contribution < 1.29 is 4.74 Å². The lowest BCUT2D eigenvalue weighted by molar-refractivity contribution is 0.0530. The van der Waals surface area contributed by atoms with Crippen molar-refractivity contribution in [1.29, 1.82) is 0 Å². The summed E-state index contributed by atoms with van der Waals surface area (Å²) in [5.74, 6) is 1.90. The smallest absolute Gasteiger partial charge is 0.120 e. The molecule has 1 unspecified atom stereocenters. The van der Waals surface area contributed by atoms with E-state index in [4.69, 9.17) is 4.74 Å². The maximum Gasteiger partial charge on any atom is 0.120 e. The third kappa shape index (κ3) is 1.01. The molecule has 0 radical (unpaired) electrons. The third-order valence-corrected chi connectivity index (χ3v) is 2.42. The molecular weight excluding hydrogens is 138 g/mol. The van der Waals surface area contributed by atoms with Crippen molar-refractivity contribution in [3.8, 4) is 0 Å². The van der Waals surface area contributed by atoms with E-state index in [1.807, 2.05) is 0 Å². The van der Waals surface area contributed by atoms with E-state index >= 15 is 0 Å². The lowest BCUT2D eigenvalue weighted by Gasteiger charge is -2.32. The van der Waals surface area contributed by atoms with E-state index in [1.165, 1.54) is 5.76 Å². The first-order valence-corrected chi connectivity index (χ1v) is 4.18. The summed E-state index contributed by atoms with van der Waals surface area (Å²) in [5, 5.41) is 0. The topological polar surface area (TPSA) is 12.5 Å². The summed E-state index contributed by atoms with van der Waals surface area (Å²) < 4.78 is 5.30. The summed E-state index contributed by atoms with van der Waals surface area (Å²) in [6, 6.07) is 0. The Kier molecular flexibility index (Phi) is 1.23. The van der Waals surface area contributed by atoms with Crippen LogP contribution in [0.3, 0.4) is 0 Å². The molecule has 2 rings (SSSR count). The molecule has 2 heterocycles. The maximum atomic E-state index is 5.30. The zero-order chi connectivity index (χ0) is 8.06. The monoisotopic (exact) mass is 153 g/mol. The standard InChI is InChI=1S/C9H15NO/c1-9(2,3)10-4-7-6-11-8(7)5-10/h5,7H,4,6H2,1-3H3. The van der Waals surface area contributed by atoms with Gasteiger partial charge in [0.2, 0.25) is 0 Å². The molecule has 1 fully saturated rings. The van der Waals surface area contributed by atoms with Crippen molar-refractivity contribution in [1.82, 2.24) is 4.90 Å². The van der Waals surface area contributed by atoms with Crippen molar-refractivity contribution in [3.05, 3.63) is 12.0 Å². The van der Waals surface area contributed by atoms with Crippen LogP contribution in [0.2, 0.25) is 0 Å². The molecule has 0 saturated carbocycles. The molecule has 1 atom stereocenters. The molecule has 2 aliphatic heterocycles. The molecular formula is C9H15NO. The van der Waals surface area contributed by atoms with Crippen LogP contribution < -0.4 is 0 Å². The molecule has 0 N–H and O–H groups in total. The third-order valence-electron chi connectivity index (χ3n) is 2.42. The lowest BCUT2D eigenvalue weighted by atomic mass is 10.0. The predicted molar refractivity (Wildman–Crippen MR) is 44.0 cm³/mol. The van der Waals surface area contributed by atoms with Crippen LogP contribution in [-0.4, -0.2) is 23.6 Å². The van der Waals surface area contributed by atoms with E-state index in [9.17, 15) is 0 Å². The van der Waals surface area contributed by atoms with Gasteiger partial charge in [0.15, 0.2) is 0 Å². The molecule has 2 aliphatic rings. The van der Waals surface area contributed by atoms with E-state index in [0.717, 1.165) is 13.2 Å². The molecule has 0 aromatic carbocycles. The Morgan fingerprint density at radius 2 is 2.27 bits per heavy atom. The van der Waals surface area contributed by atoms with Crippen LogP contribution in [0.1, 0.15) is 20.8 Å². The summed E-state index contributed by atoms with van der Waals surface area (Å²) in [4.78, 5) is 2.36. The summed E-state index contributed by atoms with van der Waals surface area (Å²) in [6.45, 7) is 8.77. The van der Waals surface area contributed by atoms with Gasteiger partial charge in [0.05, 0.1) is 12.5 Å². The van der Waals surface area contributed by atoms with Crippen LogP contribution in [0, 0.1) is 5.92 Å². The SMILES string of the molecule is CC(C)(C)N1C=C2OCC2C1. The second-order valence-corrected chi connectivity index (χ2v) is 4.36. The molecule has 0 bridgehead atoms. The van der Waals surface area contributed by atoms with Gasteiger partial charge in [-0.2, -0.15) is 0 Å². The van der Waals surface area contributed by atoms with Crippen molar-refractivity contribution >= 4 is 0 Å². The summed E-state index contributed by atoms with van der Waals surface area (Å²) in [5.41, 5.74) is 0.258. The second kappa shape index (κ2) is 1.93. The Balaban J connectivity index is 2.10. The minimum absolute atomic E-state index is 0.258. The van der Waals surface area contributed by atoms with Gasteiger partial charge < -0.3 is 9.64 Å². The summed E-state index contributed by atoms with van der Waals surface area (Å²) in [6.07, 6.45) is 2.16. The Labute approximate surface area is 67.8 Å². The number of rotatable bonds is 0. The molecule has 11 heavy (non-hydrogen) atoms. The number of fused-ring (bicyclic) bond motifs is 1. The zero-order valence-electron chi connectivity index (χ0n) is 7.42. The minimum Gasteiger partial charge on any atom is -0.495 e. The first-order chi connectivity index (χ1) is 5.07. The van der Waals surface area contributed by atoms with Crippen molar-refractivity contribution in [3.63, 3.8) is 0 Å². The highest BCUT2D eigenvalue weighted by Crippen LogP contribution is 2.34. The van der Waals surface area contributed by atoms with Crippen molar-refractivity contribution in [2.24, 2.45) is 5.92 Å². The van der Waals surface area contributed by atoms with Crippen molar-refractivity contribution in [2.75, 3.05) is 13.2 Å². The summed E-state index contributed by atoms with van der Waals surface area (Å²) in [7, 11) is 0. The van der Waals surface area contributed by atoms with Crippen molar-refractivity contribution in [2.45, 2.75) is 26.3 Å². The predicted octanol–water partition coefficient (Wildman–Crippen LogP) is 1.59. The Bertz CT molecular complexity index is 202. The van der Waals surface area contributed by atoms with Crippen LogP contribution in [0.25, 0.3) is 0 Å². The fourth-order valence-electron chi connectivity index (χ4n) is 1.49. The minimum atomic E-state index is 0.258. The fourth-order valence-corrected chi connectivity index (χ4v) is 1.49. The molecule has 0 aliphatic carbocycles. The first-order valence-electron chi connectivity index (χ1n) is 4.18. The molecule has 0 spiro atoms. The molecule has 1 saturated heterocycles. The first kappa shape index (κ1) is 7.01. The second-order valence-electron chi connectivity index (χ2n) is 4.36. The summed E-state index contributed by atoms with van der Waals surface area (Å²) >= 11 is 0. The van der Waals surface area contributed by atoms with E-state index in [0.29, 0.717) is 5.92 Å². The lowest BCUT2D eigenvalue weighted by Crippen LogP contribution is -2.38. The Hall–Kier alpha value is -0.660. The normalized spacial score (nSPS) is 28.8. The van der Waals surface area contributed by atoms with E-state index in [1.54, 1.807) is 0 Å². The van der Waals surface area contributed by atoms with E-state index in [-0.39, 0.29) is 5.54 Å². The highest BCUT2D eigenvalue weighted by atomic mass is 16.5. The van der Waals surface area contributed by atoms with Crippen LogP contribution >= 0.6 is 0 Å². The van der Waals surface area contributed by atoms with Crippen LogP contribution in [0.15, 0.2) is 12.0 Å². The Morgan fingerprint density at radius 3 is 2.55 bits per heavy atom. The van der Waals surface area contributed by atoms with Crippen LogP contribution in [0.4, 0.5) is 0 Å². The molecule has 0 aromatic heterocycles. The molecule has 0 amide bonds. The van der Waals surface area contributed by atoms with Crippen LogP contribution in [0.5, 0.6) is 0 Å². The van der Waals surface area contributed by atoms with Gasteiger partial charge in [-0.25, -0.2) is 0 Å². The number of nitrogens with zero attached hydrogens (tertiary/aromatic N) is 1. The average molecular weight is 153 g/mol. The van der Waals surface area contributed by atoms with Gasteiger partial charge in [-0.05, 0) is 20.8 Å². The highest BCUT2D eigenvalue weighted by Gasteiger charge is 2.37. The fraction of sp³-hybridized carbons (Fsp3) is 0.778. The van der Waals surface area contributed by atoms with Gasteiger partial charge in [-0.1, -0.05) is 0 Å². The Morgan fingerprint density at radius 1 is 1.55 bits per heavy atom. The highest BCUT2D eigenvalue weighted by molar-refractivity contribution is 5.14. The maximum absolute atomic E-state index is 5.30. The van der Waals surface area contributed by atoms with E-state index < -0.39 is 0 Å². The molecule has 62 valence electrons. The van der Waals surface area contributed by atoms with Gasteiger partial charge >= 0.3 is 0 Å². The molecule has 2 heteroatoms. The van der Waals surface area contributed by atoms with Gasteiger partial charge in [0.1, 0.15) is 5.76 Å². The number of hydrogen-bond acceptors (Lipinski definition) is 2.